The van der Waals surface area contributed by atoms with Crippen molar-refractivity contribution >= 4 is 57.4 Å². The lowest BCUT2D eigenvalue weighted by Gasteiger charge is -2.08. The average molecular weight is 434 g/mol. The van der Waals surface area contributed by atoms with E-state index in [0.29, 0.717) is 11.0 Å². The molecule has 3 aromatic rings. The van der Waals surface area contributed by atoms with Crippen molar-refractivity contribution in [3.63, 3.8) is 0 Å². The first kappa shape index (κ1) is 14.4. The summed E-state index contributed by atoms with van der Waals surface area (Å²) in [5.41, 5.74) is 0.812. The van der Waals surface area contributed by atoms with Gasteiger partial charge in [-0.2, -0.15) is 24.7 Å². The van der Waals surface area contributed by atoms with E-state index in [-0.39, 0.29) is 11.2 Å². The zero-order valence-electron chi connectivity index (χ0n) is 10.2. The van der Waals surface area contributed by atoms with Crippen molar-refractivity contribution in [2.75, 3.05) is 5.32 Å². The Bertz CT molecular complexity index is 778. The van der Waals surface area contributed by atoms with Crippen molar-refractivity contribution in [3.8, 4) is 5.95 Å². The Labute approximate surface area is 142 Å². The third kappa shape index (κ3) is 3.39. The molecule has 0 amide bonds. The lowest BCUT2D eigenvalue weighted by Crippen LogP contribution is -2.07. The van der Waals surface area contributed by atoms with Gasteiger partial charge in [0.05, 0.1) is 5.69 Å². The number of aromatic nitrogens is 6. The SMILES string of the molecule is Clc1ccc(Nc2nc(Cl)nc(-n3cncn3)n2)c(I)c1. The van der Waals surface area contributed by atoms with Crippen LogP contribution in [-0.4, -0.2) is 29.7 Å². The number of anilines is 2. The minimum absolute atomic E-state index is 0.0574. The fraction of sp³-hybridized carbons (Fsp3) is 0. The molecule has 0 spiro atoms. The van der Waals surface area contributed by atoms with Crippen molar-refractivity contribution in [2.45, 2.75) is 0 Å². The van der Waals surface area contributed by atoms with Crippen molar-refractivity contribution in [3.05, 3.63) is 44.7 Å². The molecule has 2 heterocycles. The van der Waals surface area contributed by atoms with Crippen LogP contribution in [0.4, 0.5) is 11.6 Å². The first-order valence-corrected chi connectivity index (χ1v) is 7.44. The highest BCUT2D eigenvalue weighted by Gasteiger charge is 2.09. The molecule has 10 heteroatoms. The van der Waals surface area contributed by atoms with Crippen LogP contribution in [0, 0.1) is 3.57 Å². The third-order valence-corrected chi connectivity index (χ3v) is 3.69. The van der Waals surface area contributed by atoms with Crippen LogP contribution >= 0.6 is 45.8 Å². The van der Waals surface area contributed by atoms with Gasteiger partial charge >= 0.3 is 0 Å². The van der Waals surface area contributed by atoms with Gasteiger partial charge in [-0.3, -0.25) is 0 Å². The quantitative estimate of drug-likeness (QED) is 0.639. The molecule has 0 aliphatic rings. The molecule has 2 aromatic heterocycles. The molecule has 0 saturated heterocycles. The number of rotatable bonds is 3. The maximum absolute atomic E-state index is 5.92. The van der Waals surface area contributed by atoms with E-state index in [4.69, 9.17) is 23.2 Å². The predicted octanol–water partition coefficient (Wildman–Crippen LogP) is 3.11. The van der Waals surface area contributed by atoms with Crippen molar-refractivity contribution in [1.29, 1.82) is 0 Å². The van der Waals surface area contributed by atoms with Crippen LogP contribution in [0.3, 0.4) is 0 Å². The largest absolute Gasteiger partial charge is 0.323 e. The Morgan fingerprint density at radius 3 is 2.71 bits per heavy atom. The third-order valence-electron chi connectivity index (χ3n) is 2.40. The Morgan fingerprint density at radius 1 is 1.14 bits per heavy atom. The molecular formula is C11H6Cl2IN7. The summed E-state index contributed by atoms with van der Waals surface area (Å²) in [7, 11) is 0. The van der Waals surface area contributed by atoms with Gasteiger partial charge in [0.15, 0.2) is 0 Å². The number of hydrogen-bond donors (Lipinski definition) is 1. The maximum Gasteiger partial charge on any atom is 0.258 e. The lowest BCUT2D eigenvalue weighted by molar-refractivity contribution is 0.796. The number of nitrogens with one attached hydrogen (secondary N) is 1. The lowest BCUT2D eigenvalue weighted by atomic mass is 10.3. The molecule has 0 radical (unpaired) electrons. The van der Waals surface area contributed by atoms with Gasteiger partial charge in [-0.1, -0.05) is 11.6 Å². The van der Waals surface area contributed by atoms with Gasteiger partial charge < -0.3 is 5.32 Å². The van der Waals surface area contributed by atoms with Crippen LogP contribution < -0.4 is 5.32 Å². The van der Waals surface area contributed by atoms with Gasteiger partial charge in [-0.05, 0) is 52.4 Å². The van der Waals surface area contributed by atoms with E-state index in [1.54, 1.807) is 6.07 Å². The molecule has 0 unspecified atom stereocenters. The van der Waals surface area contributed by atoms with Gasteiger partial charge in [0.1, 0.15) is 12.7 Å². The van der Waals surface area contributed by atoms with E-state index in [0.717, 1.165) is 9.26 Å². The van der Waals surface area contributed by atoms with E-state index in [2.05, 4.69) is 52.9 Å². The summed E-state index contributed by atoms with van der Waals surface area (Å²) in [6.45, 7) is 0. The Balaban J connectivity index is 1.95. The summed E-state index contributed by atoms with van der Waals surface area (Å²) in [6, 6.07) is 5.43. The minimum atomic E-state index is 0.0574. The summed E-state index contributed by atoms with van der Waals surface area (Å²) >= 11 is 14.0. The van der Waals surface area contributed by atoms with Crippen LogP contribution in [-0.2, 0) is 0 Å². The Hall–Kier alpha value is -1.52. The van der Waals surface area contributed by atoms with E-state index in [1.807, 2.05) is 12.1 Å². The summed E-state index contributed by atoms with van der Waals surface area (Å²) in [5, 5.41) is 7.73. The molecule has 0 fully saturated rings. The fourth-order valence-electron chi connectivity index (χ4n) is 1.52. The maximum atomic E-state index is 5.92. The standard InChI is InChI=1S/C11H6Cl2IN7/c12-6-1-2-8(7(14)3-6)17-10-18-9(13)19-11(20-10)21-5-15-4-16-21/h1-5H,(H,17,18,19,20). The monoisotopic (exact) mass is 433 g/mol. The van der Waals surface area contributed by atoms with Crippen LogP contribution in [0.5, 0.6) is 0 Å². The summed E-state index contributed by atoms with van der Waals surface area (Å²) < 4.78 is 2.32. The summed E-state index contributed by atoms with van der Waals surface area (Å²) in [4.78, 5) is 16.1. The fourth-order valence-corrected chi connectivity index (χ4v) is 2.68. The van der Waals surface area contributed by atoms with Crippen molar-refractivity contribution < 1.29 is 0 Å². The number of benzene rings is 1. The van der Waals surface area contributed by atoms with Gasteiger partial charge in [-0.15, -0.1) is 0 Å². The second kappa shape index (κ2) is 6.08. The molecule has 106 valence electrons. The second-order valence-corrected chi connectivity index (χ2v) is 5.75. The molecule has 0 aliphatic carbocycles. The number of hydrogen-bond acceptors (Lipinski definition) is 6. The molecular weight excluding hydrogens is 428 g/mol. The molecule has 1 N–H and O–H groups in total. The molecule has 0 aliphatic heterocycles. The molecule has 1 aromatic carbocycles. The molecule has 0 bridgehead atoms. The zero-order valence-corrected chi connectivity index (χ0v) is 13.9. The highest BCUT2D eigenvalue weighted by molar-refractivity contribution is 14.1. The zero-order chi connectivity index (χ0) is 14.8. The molecule has 3 rings (SSSR count). The van der Waals surface area contributed by atoms with Gasteiger partial charge in [0.25, 0.3) is 5.95 Å². The summed E-state index contributed by atoms with van der Waals surface area (Å²) in [6.07, 6.45) is 2.86. The van der Waals surface area contributed by atoms with Gasteiger partial charge in [0.2, 0.25) is 11.2 Å². The van der Waals surface area contributed by atoms with E-state index in [9.17, 15) is 0 Å². The normalized spacial score (nSPS) is 10.6. The number of nitrogens with zero attached hydrogens (tertiary/aromatic N) is 6. The average Bonchev–Trinajstić information content (AvgIpc) is 2.95. The molecule has 0 atom stereocenters. The van der Waals surface area contributed by atoms with E-state index in [1.165, 1.54) is 17.3 Å². The Morgan fingerprint density at radius 2 is 2.00 bits per heavy atom. The van der Waals surface area contributed by atoms with Crippen LogP contribution in [0.2, 0.25) is 10.3 Å². The van der Waals surface area contributed by atoms with Crippen molar-refractivity contribution in [1.82, 2.24) is 29.7 Å². The summed E-state index contributed by atoms with van der Waals surface area (Å²) in [5.74, 6) is 0.583. The van der Waals surface area contributed by atoms with Crippen LogP contribution in [0.1, 0.15) is 0 Å². The Kier molecular flexibility index (Phi) is 4.17. The smallest absolute Gasteiger partial charge is 0.258 e. The van der Waals surface area contributed by atoms with Gasteiger partial charge in [-0.25, -0.2) is 4.98 Å². The molecule has 0 saturated carbocycles. The van der Waals surface area contributed by atoms with Gasteiger partial charge in [0, 0.05) is 8.59 Å². The first-order chi connectivity index (χ1) is 10.1. The van der Waals surface area contributed by atoms with Crippen molar-refractivity contribution in [2.24, 2.45) is 0 Å². The first-order valence-electron chi connectivity index (χ1n) is 5.60. The predicted molar refractivity (Wildman–Crippen MR) is 87.2 cm³/mol. The van der Waals surface area contributed by atoms with Crippen LogP contribution in [0.25, 0.3) is 5.95 Å². The second-order valence-electron chi connectivity index (χ2n) is 3.82. The highest BCUT2D eigenvalue weighted by Crippen LogP contribution is 2.24. The van der Waals surface area contributed by atoms with E-state index < -0.39 is 0 Å². The van der Waals surface area contributed by atoms with E-state index >= 15 is 0 Å². The highest BCUT2D eigenvalue weighted by atomic mass is 127. The molecule has 7 nitrogen and oxygen atoms in total. The topological polar surface area (TPSA) is 81.4 Å². The van der Waals surface area contributed by atoms with Crippen LogP contribution in [0.15, 0.2) is 30.9 Å². The molecule has 21 heavy (non-hydrogen) atoms. The number of halogens is 3. The minimum Gasteiger partial charge on any atom is -0.323 e.